The van der Waals surface area contributed by atoms with Gasteiger partial charge in [-0.3, -0.25) is 0 Å². The fourth-order valence-corrected chi connectivity index (χ4v) is 0.575. The molecule has 0 aliphatic carbocycles. The summed E-state index contributed by atoms with van der Waals surface area (Å²) in [6.07, 6.45) is 3.51. The fraction of sp³-hybridized carbons (Fsp3) is 0.857. The van der Waals surface area contributed by atoms with E-state index in [0.717, 1.165) is 6.42 Å². The SMILES string of the molecule is [CH]C(CC)CCC. The van der Waals surface area contributed by atoms with Gasteiger partial charge in [0, 0.05) is 0 Å². The first-order valence-electron chi connectivity index (χ1n) is 3.06. The van der Waals surface area contributed by atoms with Crippen molar-refractivity contribution in [2.24, 2.45) is 5.92 Å². The molecule has 1 unspecified atom stereocenters. The minimum atomic E-state index is 0.449. The van der Waals surface area contributed by atoms with Crippen molar-refractivity contribution < 1.29 is 0 Å². The van der Waals surface area contributed by atoms with Crippen LogP contribution in [0.25, 0.3) is 0 Å². The fourth-order valence-electron chi connectivity index (χ4n) is 0.575. The normalized spacial score (nSPS) is 14.1. The Morgan fingerprint density at radius 2 is 2.00 bits per heavy atom. The highest BCUT2D eigenvalue weighted by molar-refractivity contribution is 4.55. The van der Waals surface area contributed by atoms with E-state index in [1.54, 1.807) is 0 Å². The van der Waals surface area contributed by atoms with E-state index in [9.17, 15) is 0 Å². The quantitative estimate of drug-likeness (QED) is 0.509. The molecular weight excluding hydrogens is 84.1 g/mol. The zero-order valence-corrected chi connectivity index (χ0v) is 5.28. The number of hydrogen-bond donors (Lipinski definition) is 0. The van der Waals surface area contributed by atoms with E-state index >= 15 is 0 Å². The zero-order valence-electron chi connectivity index (χ0n) is 5.28. The lowest BCUT2D eigenvalue weighted by Crippen LogP contribution is -1.88. The molecule has 0 heterocycles. The van der Waals surface area contributed by atoms with Gasteiger partial charge in [-0.2, -0.15) is 0 Å². The highest BCUT2D eigenvalue weighted by Gasteiger charge is 1.93. The molecule has 0 aromatic rings. The molecule has 0 spiro atoms. The third kappa shape index (κ3) is 3.84. The zero-order chi connectivity index (χ0) is 5.70. The first-order chi connectivity index (χ1) is 3.31. The summed E-state index contributed by atoms with van der Waals surface area (Å²) in [6, 6.07) is 0. The first kappa shape index (κ1) is 7.00. The van der Waals surface area contributed by atoms with E-state index < -0.39 is 0 Å². The Balaban J connectivity index is 2.83. The van der Waals surface area contributed by atoms with Crippen LogP contribution in [0.5, 0.6) is 0 Å². The molecule has 0 amide bonds. The first-order valence-corrected chi connectivity index (χ1v) is 3.06. The van der Waals surface area contributed by atoms with Gasteiger partial charge in [0.15, 0.2) is 0 Å². The van der Waals surface area contributed by atoms with Crippen molar-refractivity contribution >= 4 is 0 Å². The van der Waals surface area contributed by atoms with Gasteiger partial charge in [-0.25, -0.2) is 0 Å². The second-order valence-corrected chi connectivity index (χ2v) is 1.96. The molecule has 0 aliphatic rings. The number of hydrogen-bond acceptors (Lipinski definition) is 0. The summed E-state index contributed by atoms with van der Waals surface area (Å²) in [7, 11) is 0. The summed E-state index contributed by atoms with van der Waals surface area (Å²) < 4.78 is 0. The van der Waals surface area contributed by atoms with Crippen molar-refractivity contribution in [1.82, 2.24) is 0 Å². The van der Waals surface area contributed by atoms with E-state index in [4.69, 9.17) is 6.92 Å². The molecule has 0 N–H and O–H groups in total. The van der Waals surface area contributed by atoms with Gasteiger partial charge >= 0.3 is 0 Å². The van der Waals surface area contributed by atoms with Crippen molar-refractivity contribution in [2.75, 3.05) is 0 Å². The second kappa shape index (κ2) is 4.17. The molecule has 0 saturated heterocycles. The Morgan fingerprint density at radius 1 is 1.43 bits per heavy atom. The summed E-state index contributed by atoms with van der Waals surface area (Å²) >= 11 is 0. The average Bonchev–Trinajstić information content (AvgIpc) is 1.68. The molecule has 0 aromatic heterocycles. The molecule has 42 valence electrons. The summed E-state index contributed by atoms with van der Waals surface area (Å²) in [6.45, 7) is 9.87. The molecule has 1 atom stereocenters. The third-order valence-electron chi connectivity index (χ3n) is 1.18. The van der Waals surface area contributed by atoms with Crippen LogP contribution < -0.4 is 0 Å². The summed E-state index contributed by atoms with van der Waals surface area (Å²) in [5, 5.41) is 0. The summed E-state index contributed by atoms with van der Waals surface area (Å²) in [4.78, 5) is 0. The van der Waals surface area contributed by atoms with Crippen LogP contribution in [0.3, 0.4) is 0 Å². The maximum atomic E-state index is 5.58. The molecule has 0 heteroatoms. The van der Waals surface area contributed by atoms with Crippen LogP contribution in [0.15, 0.2) is 0 Å². The van der Waals surface area contributed by atoms with Crippen LogP contribution in [-0.2, 0) is 0 Å². The van der Waals surface area contributed by atoms with Crippen LogP contribution >= 0.6 is 0 Å². The molecule has 0 fully saturated rings. The minimum Gasteiger partial charge on any atom is -0.0654 e. The van der Waals surface area contributed by atoms with Crippen LogP contribution in [0, 0.1) is 12.8 Å². The molecule has 0 nitrogen and oxygen atoms in total. The lowest BCUT2D eigenvalue weighted by molar-refractivity contribution is 0.559. The molecule has 0 saturated carbocycles. The van der Waals surface area contributed by atoms with Crippen molar-refractivity contribution in [2.45, 2.75) is 33.1 Å². The maximum absolute atomic E-state index is 5.58. The van der Waals surface area contributed by atoms with Gasteiger partial charge in [-0.15, -0.1) is 0 Å². The van der Waals surface area contributed by atoms with Gasteiger partial charge in [0.1, 0.15) is 0 Å². The average molecular weight is 98.2 g/mol. The summed E-state index contributed by atoms with van der Waals surface area (Å²) in [5.41, 5.74) is 0. The maximum Gasteiger partial charge on any atom is -0.0318 e. The van der Waals surface area contributed by atoms with Crippen LogP contribution in [0.2, 0.25) is 0 Å². The van der Waals surface area contributed by atoms with Gasteiger partial charge in [-0.1, -0.05) is 33.1 Å². The van der Waals surface area contributed by atoms with E-state index in [-0.39, 0.29) is 0 Å². The van der Waals surface area contributed by atoms with Crippen molar-refractivity contribution in [3.8, 4) is 0 Å². The van der Waals surface area contributed by atoms with Crippen molar-refractivity contribution in [1.29, 1.82) is 0 Å². The number of rotatable bonds is 3. The van der Waals surface area contributed by atoms with E-state index in [0.29, 0.717) is 5.92 Å². The molecule has 7 heavy (non-hydrogen) atoms. The Hall–Kier alpha value is 0. The Bertz CT molecular complexity index is 31.0. The predicted octanol–water partition coefficient (Wildman–Crippen LogP) is 2.52. The van der Waals surface area contributed by atoms with Crippen LogP contribution in [0.4, 0.5) is 0 Å². The van der Waals surface area contributed by atoms with Crippen LogP contribution in [-0.4, -0.2) is 0 Å². The second-order valence-electron chi connectivity index (χ2n) is 1.96. The van der Waals surface area contributed by atoms with Crippen LogP contribution in [0.1, 0.15) is 33.1 Å². The summed E-state index contributed by atoms with van der Waals surface area (Å²) in [5.74, 6) is 0.449. The van der Waals surface area contributed by atoms with Gasteiger partial charge in [0.05, 0.1) is 0 Å². The van der Waals surface area contributed by atoms with E-state index in [1.165, 1.54) is 12.8 Å². The van der Waals surface area contributed by atoms with Gasteiger partial charge in [0.25, 0.3) is 0 Å². The van der Waals surface area contributed by atoms with Crippen molar-refractivity contribution in [3.05, 3.63) is 6.92 Å². The lowest BCUT2D eigenvalue weighted by Gasteiger charge is -2.02. The largest absolute Gasteiger partial charge is 0.0654 e. The van der Waals surface area contributed by atoms with E-state index in [2.05, 4.69) is 13.8 Å². The molecule has 0 aromatic carbocycles. The topological polar surface area (TPSA) is 0 Å². The monoisotopic (exact) mass is 98.1 g/mol. The van der Waals surface area contributed by atoms with Crippen molar-refractivity contribution in [3.63, 3.8) is 0 Å². The molecule has 0 rings (SSSR count). The van der Waals surface area contributed by atoms with E-state index in [1.807, 2.05) is 0 Å². The van der Waals surface area contributed by atoms with Gasteiger partial charge in [0.2, 0.25) is 0 Å². The Labute approximate surface area is 46.9 Å². The Kier molecular flexibility index (Phi) is 4.17. The lowest BCUT2D eigenvalue weighted by atomic mass is 10.0. The highest BCUT2D eigenvalue weighted by atomic mass is 14.0. The minimum absolute atomic E-state index is 0.449. The highest BCUT2D eigenvalue weighted by Crippen LogP contribution is 2.06. The van der Waals surface area contributed by atoms with Gasteiger partial charge < -0.3 is 0 Å². The predicted molar refractivity (Wildman–Crippen MR) is 33.0 cm³/mol. The smallest absolute Gasteiger partial charge is 0.0318 e. The standard InChI is InChI=1S/C7H14/c1-4-6-7(3)5-2/h3,7H,4-6H2,1-2H3. The molecular formula is C7H14. The molecule has 0 bridgehead atoms. The Morgan fingerprint density at radius 3 is 2.14 bits per heavy atom. The molecule has 2 radical (unpaired) electrons. The van der Waals surface area contributed by atoms with Gasteiger partial charge in [-0.05, 0) is 12.8 Å². The third-order valence-corrected chi connectivity index (χ3v) is 1.18. The molecule has 0 aliphatic heterocycles.